The minimum atomic E-state index is 0. The van der Waals surface area contributed by atoms with E-state index in [0.29, 0.717) is 17.0 Å². The van der Waals surface area contributed by atoms with Gasteiger partial charge in [-0.1, -0.05) is 15.9 Å². The van der Waals surface area contributed by atoms with Gasteiger partial charge in [-0.3, -0.25) is 16.3 Å². The maximum atomic E-state index is 7.92. The smallest absolute Gasteiger partial charge is 0.174 e. The van der Waals surface area contributed by atoms with Crippen molar-refractivity contribution in [3.8, 4) is 0 Å². The van der Waals surface area contributed by atoms with Crippen LogP contribution in [0.5, 0.6) is 0 Å². The van der Waals surface area contributed by atoms with E-state index in [1.807, 2.05) is 18.2 Å². The summed E-state index contributed by atoms with van der Waals surface area (Å²) >= 11 is 3.38. The molecule has 3 rings (SSSR count). The lowest BCUT2D eigenvalue weighted by atomic mass is 10.3. The van der Waals surface area contributed by atoms with E-state index in [2.05, 4.69) is 36.7 Å². The topological polar surface area (TPSA) is 76.9 Å². The van der Waals surface area contributed by atoms with Crippen molar-refractivity contribution in [2.24, 2.45) is 0 Å². The highest BCUT2D eigenvalue weighted by molar-refractivity contribution is 9.10. The second-order valence-electron chi connectivity index (χ2n) is 3.71. The Hall–Kier alpha value is -1.44. The summed E-state index contributed by atoms with van der Waals surface area (Å²) in [5, 5.41) is 9.56. The van der Waals surface area contributed by atoms with E-state index < -0.39 is 0 Å². The van der Waals surface area contributed by atoms with Crippen LogP contribution in [-0.4, -0.2) is 22.1 Å². The molecule has 0 amide bonds. The molecule has 0 fully saturated rings. The molecule has 0 unspecified atom stereocenters. The van der Waals surface area contributed by atoms with Gasteiger partial charge in [0.1, 0.15) is 5.69 Å². The summed E-state index contributed by atoms with van der Waals surface area (Å²) in [6.07, 6.45) is 0. The van der Waals surface area contributed by atoms with Crippen LogP contribution < -0.4 is 16.3 Å². The highest BCUT2D eigenvalue weighted by Crippen LogP contribution is 2.22. The fourth-order valence-electron chi connectivity index (χ4n) is 1.69. The molecule has 3 N–H and O–H groups in total. The van der Waals surface area contributed by atoms with E-state index in [4.69, 9.17) is 5.41 Å². The molecule has 1 aliphatic rings. The molecule has 94 valence electrons. The van der Waals surface area contributed by atoms with Crippen LogP contribution in [0.15, 0.2) is 22.7 Å². The fraction of sp³-hybridized carbons (Fsp3) is 0.100. The number of benzene rings is 1. The van der Waals surface area contributed by atoms with Crippen molar-refractivity contribution < 1.29 is 0 Å². The number of hydrogen-bond donors (Lipinski definition) is 3. The lowest BCUT2D eigenvalue weighted by molar-refractivity contribution is 0.504. The lowest BCUT2D eigenvalue weighted by Gasteiger charge is -2.07. The lowest BCUT2D eigenvalue weighted by Crippen LogP contribution is -2.25. The summed E-state index contributed by atoms with van der Waals surface area (Å²) in [5.74, 6) is 0.613. The van der Waals surface area contributed by atoms with Crippen LogP contribution in [0.25, 0.3) is 11.0 Å². The molecule has 0 spiro atoms. The van der Waals surface area contributed by atoms with Crippen molar-refractivity contribution >= 4 is 50.9 Å². The summed E-state index contributed by atoms with van der Waals surface area (Å²) in [6, 6.07) is 5.62. The van der Waals surface area contributed by atoms with Crippen LogP contribution >= 0.6 is 28.3 Å². The maximum absolute atomic E-state index is 7.92. The highest BCUT2D eigenvalue weighted by Gasteiger charge is 2.17. The van der Waals surface area contributed by atoms with Crippen LogP contribution in [0.1, 0.15) is 0 Å². The second kappa shape index (κ2) is 4.68. The first-order valence-electron chi connectivity index (χ1n) is 4.97. The van der Waals surface area contributed by atoms with Crippen LogP contribution in [0, 0.1) is 5.41 Å². The largest absolute Gasteiger partial charge is 0.295 e. The normalized spacial score (nSPS) is 13.4. The SMILES string of the molecule is CN1Nc2nc3ccc(Br)cc3nc(=N)c2N1.Cl. The van der Waals surface area contributed by atoms with E-state index in [0.717, 1.165) is 9.99 Å². The van der Waals surface area contributed by atoms with Crippen molar-refractivity contribution in [3.63, 3.8) is 0 Å². The van der Waals surface area contributed by atoms with Crippen LogP contribution in [0.2, 0.25) is 0 Å². The molecule has 2 heterocycles. The van der Waals surface area contributed by atoms with E-state index in [-0.39, 0.29) is 17.9 Å². The van der Waals surface area contributed by atoms with Gasteiger partial charge in [0, 0.05) is 11.5 Å². The average Bonchev–Trinajstić information content (AvgIpc) is 2.58. The highest BCUT2D eigenvalue weighted by atomic mass is 79.9. The van der Waals surface area contributed by atoms with E-state index in [1.54, 1.807) is 12.2 Å². The fourth-order valence-corrected chi connectivity index (χ4v) is 2.04. The Morgan fingerprint density at radius 3 is 2.78 bits per heavy atom. The average molecular weight is 330 g/mol. The Morgan fingerprint density at radius 2 is 2.00 bits per heavy atom. The summed E-state index contributed by atoms with van der Waals surface area (Å²) in [5.41, 5.74) is 8.15. The molecule has 1 aromatic heterocycles. The quantitative estimate of drug-likeness (QED) is 0.688. The molecule has 1 aliphatic heterocycles. The van der Waals surface area contributed by atoms with Crippen molar-refractivity contribution in [3.05, 3.63) is 28.2 Å². The number of rotatable bonds is 0. The predicted octanol–water partition coefficient (Wildman–Crippen LogP) is 1.89. The van der Waals surface area contributed by atoms with Gasteiger partial charge in [-0.15, -0.1) is 17.5 Å². The summed E-state index contributed by atoms with van der Waals surface area (Å²) in [4.78, 5) is 8.70. The molecule has 0 bridgehead atoms. The van der Waals surface area contributed by atoms with E-state index >= 15 is 0 Å². The van der Waals surface area contributed by atoms with Gasteiger partial charge in [0.05, 0.1) is 11.0 Å². The standard InChI is InChI=1S/C10H9BrN6.ClH/c1-17-15-8-9(12)13-7-4-5(11)2-3-6(7)14-10(8)16-17;/h2-4,12,15-16H,1H3;1H. The predicted molar refractivity (Wildman–Crippen MR) is 75.3 cm³/mol. The van der Waals surface area contributed by atoms with E-state index in [1.165, 1.54) is 0 Å². The summed E-state index contributed by atoms with van der Waals surface area (Å²) in [6.45, 7) is 0. The molecule has 0 aliphatic carbocycles. The Morgan fingerprint density at radius 1 is 1.22 bits per heavy atom. The molecule has 18 heavy (non-hydrogen) atoms. The van der Waals surface area contributed by atoms with Crippen LogP contribution in [-0.2, 0) is 0 Å². The third-order valence-electron chi connectivity index (χ3n) is 2.43. The first-order valence-corrected chi connectivity index (χ1v) is 5.76. The number of nitrogens with one attached hydrogen (secondary N) is 3. The number of anilines is 2. The van der Waals surface area contributed by atoms with Crippen molar-refractivity contribution in [2.75, 3.05) is 17.9 Å². The van der Waals surface area contributed by atoms with Gasteiger partial charge >= 0.3 is 0 Å². The zero-order valence-corrected chi connectivity index (χ0v) is 11.8. The molecule has 0 saturated carbocycles. The maximum Gasteiger partial charge on any atom is 0.174 e. The number of halogens is 2. The van der Waals surface area contributed by atoms with Gasteiger partial charge in [0.2, 0.25) is 0 Å². The Balaban J connectivity index is 0.00000120. The number of nitrogens with zero attached hydrogens (tertiary/aromatic N) is 3. The van der Waals surface area contributed by atoms with E-state index in [9.17, 15) is 0 Å². The Kier molecular flexibility index (Phi) is 3.38. The zero-order chi connectivity index (χ0) is 12.0. The Bertz CT molecular complexity index is 676. The monoisotopic (exact) mass is 328 g/mol. The van der Waals surface area contributed by atoms with Gasteiger partial charge in [-0.25, -0.2) is 9.97 Å². The van der Waals surface area contributed by atoms with Gasteiger partial charge in [-0.05, 0) is 18.2 Å². The molecular weight excluding hydrogens is 320 g/mol. The minimum Gasteiger partial charge on any atom is -0.295 e. The Labute approximate surface area is 117 Å². The molecule has 2 aromatic rings. The minimum absolute atomic E-state index is 0. The zero-order valence-electron chi connectivity index (χ0n) is 9.36. The number of hydrogen-bond acceptors (Lipinski definition) is 6. The molecule has 0 saturated heterocycles. The first-order chi connectivity index (χ1) is 8.13. The summed E-state index contributed by atoms with van der Waals surface area (Å²) < 4.78 is 0.920. The van der Waals surface area contributed by atoms with Gasteiger partial charge in [0.25, 0.3) is 0 Å². The van der Waals surface area contributed by atoms with Crippen molar-refractivity contribution in [1.82, 2.24) is 15.1 Å². The molecule has 6 nitrogen and oxygen atoms in total. The number of fused-ring (bicyclic) bond motifs is 2. The molecular formula is C10H10BrClN6. The third-order valence-corrected chi connectivity index (χ3v) is 2.92. The molecule has 0 radical (unpaired) electrons. The first kappa shape index (κ1) is 13.0. The molecule has 8 heteroatoms. The second-order valence-corrected chi connectivity index (χ2v) is 4.63. The van der Waals surface area contributed by atoms with Crippen LogP contribution in [0.3, 0.4) is 0 Å². The molecule has 1 aromatic carbocycles. The molecule has 0 atom stereocenters. The number of aromatic nitrogens is 2. The third kappa shape index (κ3) is 2.12. The van der Waals surface area contributed by atoms with Gasteiger partial charge in [-0.2, -0.15) is 0 Å². The van der Waals surface area contributed by atoms with Gasteiger partial charge < -0.3 is 0 Å². The summed E-state index contributed by atoms with van der Waals surface area (Å²) in [7, 11) is 1.81. The van der Waals surface area contributed by atoms with Crippen molar-refractivity contribution in [2.45, 2.75) is 0 Å². The van der Waals surface area contributed by atoms with Gasteiger partial charge in [0.15, 0.2) is 11.3 Å². The number of hydrazine groups is 2. The van der Waals surface area contributed by atoms with Crippen LogP contribution in [0.4, 0.5) is 11.5 Å². The van der Waals surface area contributed by atoms with Crippen molar-refractivity contribution in [1.29, 1.82) is 5.41 Å².